The normalized spacial score (nSPS) is 12.8. The molecule has 4 aromatic heterocycles. The van der Waals surface area contributed by atoms with E-state index in [2.05, 4.69) is 77.4 Å². The van der Waals surface area contributed by atoms with Gasteiger partial charge in [-0.15, -0.1) is 22.7 Å². The van der Waals surface area contributed by atoms with E-state index in [1.165, 1.54) is 47.2 Å². The van der Waals surface area contributed by atoms with Crippen LogP contribution >= 0.6 is 38.6 Å². The van der Waals surface area contributed by atoms with E-state index in [4.69, 9.17) is 9.47 Å². The number of esters is 2. The quantitative estimate of drug-likeness (QED) is 0.0769. The molecule has 394 valence electrons. The molecule has 4 heterocycles. The maximum absolute atomic E-state index is 14.2. The molecule has 7 rings (SSSR count). The lowest BCUT2D eigenvalue weighted by atomic mass is 9.93. The third-order valence-corrected chi connectivity index (χ3v) is 15.0. The first kappa shape index (κ1) is 58.0. The van der Waals surface area contributed by atoms with Crippen LogP contribution in [0.1, 0.15) is 136 Å². The molecule has 0 spiro atoms. The van der Waals surface area contributed by atoms with E-state index in [0.29, 0.717) is 45.4 Å². The number of rotatable bonds is 15. The first-order chi connectivity index (χ1) is 35.0. The summed E-state index contributed by atoms with van der Waals surface area (Å²) in [6, 6.07) is 26.9. The number of hydrogen-bond donors (Lipinski definition) is 1. The van der Waals surface area contributed by atoms with Crippen LogP contribution in [-0.4, -0.2) is 59.7 Å². The highest BCUT2D eigenvalue weighted by Crippen LogP contribution is 2.34. The van der Waals surface area contributed by atoms with Crippen molar-refractivity contribution in [2.75, 3.05) is 0 Å². The van der Waals surface area contributed by atoms with Gasteiger partial charge < -0.3 is 14.6 Å². The predicted molar refractivity (Wildman–Crippen MR) is 300 cm³/mol. The van der Waals surface area contributed by atoms with Gasteiger partial charge in [0.15, 0.2) is 23.2 Å². The molecule has 0 amide bonds. The Hall–Kier alpha value is -6.29. The highest BCUT2D eigenvalue weighted by molar-refractivity contribution is 9.10. The lowest BCUT2D eigenvalue weighted by Crippen LogP contribution is -2.31. The van der Waals surface area contributed by atoms with Gasteiger partial charge in [-0.05, 0) is 129 Å². The highest BCUT2D eigenvalue weighted by atomic mass is 79.9. The van der Waals surface area contributed by atoms with Gasteiger partial charge in [0.25, 0.3) is 0 Å². The van der Waals surface area contributed by atoms with Crippen LogP contribution in [0.15, 0.2) is 120 Å². The van der Waals surface area contributed by atoms with E-state index >= 15 is 0 Å². The van der Waals surface area contributed by atoms with Crippen LogP contribution in [0.2, 0.25) is 0 Å². The predicted octanol–water partition coefficient (Wildman–Crippen LogP) is 14.8. The minimum Gasteiger partial charge on any atom is -0.508 e. The van der Waals surface area contributed by atoms with Crippen molar-refractivity contribution in [3.05, 3.63) is 157 Å². The van der Waals surface area contributed by atoms with Gasteiger partial charge in [0, 0.05) is 75.7 Å². The minimum atomic E-state index is -0.670. The number of nitrogens with zero attached hydrogens (tertiary/aromatic N) is 4. The number of ether oxygens (including phenoxy) is 2. The molecule has 0 fully saturated rings. The molecule has 1 N–H and O–H groups in total. The zero-order chi connectivity index (χ0) is 55.0. The monoisotopic (exact) mass is 1120 g/mol. The van der Waals surface area contributed by atoms with Crippen LogP contribution in [0.5, 0.6) is 5.75 Å². The summed E-state index contributed by atoms with van der Waals surface area (Å²) in [7, 11) is 0. The van der Waals surface area contributed by atoms with E-state index in [9.17, 15) is 28.7 Å². The number of carbonyl (C=O) groups is 4. The Morgan fingerprint density at radius 3 is 1.28 bits per heavy atom. The number of Topliss-reactive ketones (excluding diaryl/α,β-unsaturated/α-hetero) is 2. The zero-order valence-corrected chi connectivity index (χ0v) is 47.9. The maximum atomic E-state index is 14.2. The first-order valence-corrected chi connectivity index (χ1v) is 27.1. The summed E-state index contributed by atoms with van der Waals surface area (Å²) in [6.07, 6.45) is 7.40. The number of carbonyl (C=O) groups excluding carboxylic acids is 4. The number of phenolic OH excluding ortho intramolecular Hbond substituents is 1. The second-order valence-electron chi connectivity index (χ2n) is 22.5. The fraction of sp³-hybridized carbons (Fsp3) is 0.367. The summed E-state index contributed by atoms with van der Waals surface area (Å²) in [5, 5.41) is 9.44. The third-order valence-electron chi connectivity index (χ3n) is 11.5. The molecule has 2 atom stereocenters. The van der Waals surface area contributed by atoms with Crippen molar-refractivity contribution in [2.45, 2.75) is 131 Å². The van der Waals surface area contributed by atoms with Gasteiger partial charge in [0.05, 0.1) is 26.1 Å². The Labute approximate surface area is 456 Å². The summed E-state index contributed by atoms with van der Waals surface area (Å²) >= 11 is 6.32. The standard InChI is InChI=1S/C33H35FN2O4S.C27H31BrN2O3S/c1-32(2,3)29-14-13-28(41-29)27(38)16-22(31(39)40-33(4,5)6)15-20-7-9-21(10-8-20)30-35-18-23(19-36-30)25-12-11-24(37)17-26(25)34;1-26(2,3)23-12-11-22(34-23)21(31)14-19(25(32)33-27(4,5)6)13-17-7-9-18(10-8-17)24-29-15-20(28)16-30-24/h7-14,17-19,22,37H,15-16H2,1-6H3;7-12,15-16,19H,13-14H2,1-6H3/t22-;19-/m11/s1. The summed E-state index contributed by atoms with van der Waals surface area (Å²) < 4.78 is 26.4. The molecule has 75 heavy (non-hydrogen) atoms. The van der Waals surface area contributed by atoms with Gasteiger partial charge in [0.2, 0.25) is 0 Å². The van der Waals surface area contributed by atoms with E-state index in [1.807, 2.05) is 114 Å². The van der Waals surface area contributed by atoms with Crippen molar-refractivity contribution in [2.24, 2.45) is 11.8 Å². The van der Waals surface area contributed by atoms with Gasteiger partial charge in [-0.3, -0.25) is 19.2 Å². The van der Waals surface area contributed by atoms with E-state index in [1.54, 1.807) is 12.4 Å². The SMILES string of the molecule is CC(C)(C)OC(=O)[C@@H](CC(=O)c1ccc(C(C)(C)C)s1)Cc1ccc(-c2ncc(-c3ccc(O)cc3F)cn2)cc1.CC(C)(C)OC(=O)[C@@H](CC(=O)c1ccc(C(C)(C)C)s1)Cc1ccc(-c2ncc(Br)cn2)cc1. The minimum absolute atomic E-state index is 0.0198. The van der Waals surface area contributed by atoms with Crippen LogP contribution in [0.25, 0.3) is 33.9 Å². The number of thiophene rings is 2. The van der Waals surface area contributed by atoms with Crippen LogP contribution in [-0.2, 0) is 42.7 Å². The maximum Gasteiger partial charge on any atom is 0.310 e. The van der Waals surface area contributed by atoms with Crippen molar-refractivity contribution in [3.63, 3.8) is 0 Å². The van der Waals surface area contributed by atoms with Crippen LogP contribution < -0.4 is 0 Å². The molecule has 0 aliphatic carbocycles. The Morgan fingerprint density at radius 1 is 0.547 bits per heavy atom. The summed E-state index contributed by atoms with van der Waals surface area (Å²) in [5.41, 5.74) is 2.89. The Balaban J connectivity index is 0.000000248. The Kier molecular flexibility index (Phi) is 18.7. The molecule has 7 aromatic rings. The molecule has 0 radical (unpaired) electrons. The van der Waals surface area contributed by atoms with Gasteiger partial charge >= 0.3 is 11.9 Å². The largest absolute Gasteiger partial charge is 0.508 e. The van der Waals surface area contributed by atoms with Crippen molar-refractivity contribution in [3.8, 4) is 39.7 Å². The smallest absolute Gasteiger partial charge is 0.310 e. The van der Waals surface area contributed by atoms with Crippen molar-refractivity contribution < 1.29 is 38.1 Å². The fourth-order valence-corrected chi connectivity index (χ4v) is 9.87. The molecule has 0 bridgehead atoms. The molecule has 0 aliphatic heterocycles. The second-order valence-corrected chi connectivity index (χ2v) is 25.6. The number of aromatic nitrogens is 4. The number of halogens is 2. The van der Waals surface area contributed by atoms with Gasteiger partial charge in [-0.2, -0.15) is 0 Å². The lowest BCUT2D eigenvalue weighted by molar-refractivity contribution is -0.160. The molecule has 3 aromatic carbocycles. The Morgan fingerprint density at radius 2 is 0.933 bits per heavy atom. The molecule has 0 aliphatic rings. The molecule has 15 heteroatoms. The van der Waals surface area contributed by atoms with Gasteiger partial charge in [0.1, 0.15) is 22.8 Å². The second kappa shape index (κ2) is 24.1. The fourth-order valence-electron chi connectivity index (χ4n) is 7.64. The van der Waals surface area contributed by atoms with Crippen molar-refractivity contribution >= 4 is 62.1 Å². The van der Waals surface area contributed by atoms with Crippen molar-refractivity contribution in [1.29, 1.82) is 0 Å². The highest BCUT2D eigenvalue weighted by Gasteiger charge is 2.31. The van der Waals surface area contributed by atoms with E-state index < -0.39 is 34.8 Å². The summed E-state index contributed by atoms with van der Waals surface area (Å²) in [5.74, 6) is -1.68. The summed E-state index contributed by atoms with van der Waals surface area (Å²) in [4.78, 5) is 73.5. The van der Waals surface area contributed by atoms with E-state index in [0.717, 1.165) is 42.5 Å². The molecule has 0 saturated carbocycles. The summed E-state index contributed by atoms with van der Waals surface area (Å²) in [6.45, 7) is 23.7. The van der Waals surface area contributed by atoms with Crippen LogP contribution in [0.4, 0.5) is 4.39 Å². The number of benzene rings is 3. The van der Waals surface area contributed by atoms with Crippen LogP contribution in [0.3, 0.4) is 0 Å². The molecule has 11 nitrogen and oxygen atoms in total. The number of aromatic hydroxyl groups is 1. The molecular formula is C60H66BrFN4O7S2. The van der Waals surface area contributed by atoms with Crippen LogP contribution in [0, 0.1) is 17.7 Å². The third kappa shape index (κ3) is 17.1. The molecule has 0 unspecified atom stereocenters. The molecular weight excluding hydrogens is 1050 g/mol. The zero-order valence-electron chi connectivity index (χ0n) is 44.7. The number of phenols is 1. The molecule has 0 saturated heterocycles. The number of hydrogen-bond acceptors (Lipinski definition) is 13. The number of ketones is 2. The average molecular weight is 1120 g/mol. The Bertz CT molecular complexity index is 3090. The topological polar surface area (TPSA) is 159 Å². The van der Waals surface area contributed by atoms with Gasteiger partial charge in [-0.1, -0.05) is 90.1 Å². The lowest BCUT2D eigenvalue weighted by Gasteiger charge is -2.24. The van der Waals surface area contributed by atoms with E-state index in [-0.39, 0.29) is 47.0 Å². The van der Waals surface area contributed by atoms with Gasteiger partial charge in [-0.25, -0.2) is 24.3 Å². The first-order valence-electron chi connectivity index (χ1n) is 24.7. The van der Waals surface area contributed by atoms with Crippen molar-refractivity contribution in [1.82, 2.24) is 19.9 Å². The average Bonchev–Trinajstić information content (AvgIpc) is 4.04.